The van der Waals surface area contributed by atoms with E-state index in [2.05, 4.69) is 115 Å². The molecule has 252 valence electrons. The van der Waals surface area contributed by atoms with Crippen molar-refractivity contribution in [2.45, 2.75) is 38.6 Å². The van der Waals surface area contributed by atoms with Crippen LogP contribution in [-0.4, -0.2) is 11.7 Å². The van der Waals surface area contributed by atoms with Gasteiger partial charge in [-0.1, -0.05) is 109 Å². The van der Waals surface area contributed by atoms with E-state index in [0.717, 1.165) is 97.8 Å². The van der Waals surface area contributed by atoms with Crippen LogP contribution in [0.5, 0.6) is 0 Å². The first-order chi connectivity index (χ1) is 25.7. The molecule has 0 radical (unpaired) electrons. The number of fused-ring (bicyclic) bond motifs is 8. The lowest BCUT2D eigenvalue weighted by molar-refractivity contribution is 0.546. The minimum absolute atomic E-state index is 0.443. The molecule has 0 amide bonds. The Bertz CT molecular complexity index is 2760. The predicted molar refractivity (Wildman–Crippen MR) is 215 cm³/mol. The molecule has 0 spiro atoms. The SMILES string of the molecule is NC(=NC(=NCc1ccc2ccccc2c1)C1=CCC2CCC=CC2=C1)C1=CCCc2oc3cccc(-c4cccc5c4oc4ccccc45)c3c21. The quantitative estimate of drug-likeness (QED) is 0.146. The van der Waals surface area contributed by atoms with Gasteiger partial charge in [0.1, 0.15) is 28.3 Å². The fourth-order valence-corrected chi connectivity index (χ4v) is 8.30. The average molecular weight is 676 g/mol. The van der Waals surface area contributed by atoms with E-state index in [1.54, 1.807) is 0 Å². The van der Waals surface area contributed by atoms with Crippen molar-refractivity contribution in [3.05, 3.63) is 162 Å². The Labute approximate surface area is 301 Å². The van der Waals surface area contributed by atoms with Crippen LogP contribution in [0.2, 0.25) is 0 Å². The number of furan rings is 2. The minimum Gasteiger partial charge on any atom is -0.460 e. The van der Waals surface area contributed by atoms with Crippen molar-refractivity contribution < 1.29 is 8.83 Å². The molecule has 0 bridgehead atoms. The summed E-state index contributed by atoms with van der Waals surface area (Å²) in [4.78, 5) is 10.4. The number of amidine groups is 2. The van der Waals surface area contributed by atoms with Crippen LogP contribution in [0.3, 0.4) is 0 Å². The van der Waals surface area contributed by atoms with Gasteiger partial charge in [0.05, 0.1) is 6.54 Å². The first kappa shape index (κ1) is 30.6. The summed E-state index contributed by atoms with van der Waals surface area (Å²) in [5, 5.41) is 5.65. The molecule has 1 atom stereocenters. The molecule has 3 aliphatic carbocycles. The predicted octanol–water partition coefficient (Wildman–Crippen LogP) is 11.7. The Morgan fingerprint density at radius 1 is 0.769 bits per heavy atom. The van der Waals surface area contributed by atoms with Crippen LogP contribution in [0.4, 0.5) is 0 Å². The third-order valence-electron chi connectivity index (χ3n) is 10.9. The van der Waals surface area contributed by atoms with Gasteiger partial charge in [-0.05, 0) is 83.3 Å². The van der Waals surface area contributed by atoms with Crippen LogP contribution in [0.1, 0.15) is 42.6 Å². The number of hydrogen-bond acceptors (Lipinski definition) is 3. The van der Waals surface area contributed by atoms with Crippen LogP contribution >= 0.6 is 0 Å². The van der Waals surface area contributed by atoms with Gasteiger partial charge in [-0.15, -0.1) is 0 Å². The Hall–Kier alpha value is -6.20. The summed E-state index contributed by atoms with van der Waals surface area (Å²) in [7, 11) is 0. The molecule has 7 aromatic rings. The minimum atomic E-state index is 0.443. The topological polar surface area (TPSA) is 77.0 Å². The molecule has 2 aromatic heterocycles. The number of aliphatic imine (C=N–C) groups is 2. The van der Waals surface area contributed by atoms with Crippen LogP contribution in [0.25, 0.3) is 60.4 Å². The van der Waals surface area contributed by atoms with Gasteiger partial charge in [-0.3, -0.25) is 4.99 Å². The van der Waals surface area contributed by atoms with Crippen LogP contribution in [0.15, 0.2) is 163 Å². The molecule has 2 N–H and O–H groups in total. The van der Waals surface area contributed by atoms with Crippen molar-refractivity contribution in [2.75, 3.05) is 0 Å². The molecule has 52 heavy (non-hydrogen) atoms. The zero-order valence-electron chi connectivity index (χ0n) is 28.8. The van der Waals surface area contributed by atoms with E-state index in [0.29, 0.717) is 24.1 Å². The Morgan fingerprint density at radius 2 is 1.60 bits per heavy atom. The third-order valence-corrected chi connectivity index (χ3v) is 10.9. The van der Waals surface area contributed by atoms with E-state index >= 15 is 0 Å². The number of aryl methyl sites for hydroxylation is 1. The van der Waals surface area contributed by atoms with E-state index < -0.39 is 0 Å². The van der Waals surface area contributed by atoms with Gasteiger partial charge in [0.2, 0.25) is 0 Å². The number of nitrogens with two attached hydrogens (primary N) is 1. The van der Waals surface area contributed by atoms with E-state index in [1.807, 2.05) is 18.2 Å². The fourth-order valence-electron chi connectivity index (χ4n) is 8.30. The van der Waals surface area contributed by atoms with Gasteiger partial charge in [0.25, 0.3) is 0 Å². The smallest absolute Gasteiger partial charge is 0.157 e. The van der Waals surface area contributed by atoms with Crippen molar-refractivity contribution in [2.24, 2.45) is 21.6 Å². The largest absolute Gasteiger partial charge is 0.460 e. The van der Waals surface area contributed by atoms with Gasteiger partial charge in [-0.25, -0.2) is 4.99 Å². The van der Waals surface area contributed by atoms with Gasteiger partial charge >= 0.3 is 0 Å². The van der Waals surface area contributed by atoms with Crippen molar-refractivity contribution in [3.8, 4) is 11.1 Å². The normalized spacial score (nSPS) is 17.7. The summed E-state index contributed by atoms with van der Waals surface area (Å²) in [6.07, 6.45) is 16.2. The lowest BCUT2D eigenvalue weighted by atomic mass is 9.82. The summed E-state index contributed by atoms with van der Waals surface area (Å²) >= 11 is 0. The number of nitrogens with zero attached hydrogens (tertiary/aromatic N) is 2. The first-order valence-electron chi connectivity index (χ1n) is 18.3. The van der Waals surface area contributed by atoms with Crippen LogP contribution in [0, 0.1) is 5.92 Å². The van der Waals surface area contributed by atoms with E-state index in [4.69, 9.17) is 24.6 Å². The lowest BCUT2D eigenvalue weighted by Gasteiger charge is -2.24. The third kappa shape index (κ3) is 5.24. The Balaban J connectivity index is 1.09. The lowest BCUT2D eigenvalue weighted by Crippen LogP contribution is -2.20. The highest BCUT2D eigenvalue weighted by Gasteiger charge is 2.27. The summed E-state index contributed by atoms with van der Waals surface area (Å²) in [6, 6.07) is 35.8. The molecule has 1 unspecified atom stereocenters. The molecule has 10 rings (SSSR count). The summed E-state index contributed by atoms with van der Waals surface area (Å²) in [5.74, 6) is 2.58. The summed E-state index contributed by atoms with van der Waals surface area (Å²) in [6.45, 7) is 0.501. The maximum atomic E-state index is 7.11. The highest BCUT2D eigenvalue weighted by atomic mass is 16.3. The summed E-state index contributed by atoms with van der Waals surface area (Å²) in [5.41, 5.74) is 17.1. The van der Waals surface area contributed by atoms with Crippen molar-refractivity contribution in [3.63, 3.8) is 0 Å². The van der Waals surface area contributed by atoms with E-state index in [-0.39, 0.29) is 0 Å². The van der Waals surface area contributed by atoms with Crippen molar-refractivity contribution >= 4 is 60.9 Å². The van der Waals surface area contributed by atoms with Crippen molar-refractivity contribution in [1.82, 2.24) is 0 Å². The number of allylic oxidation sites excluding steroid dienone is 5. The summed E-state index contributed by atoms with van der Waals surface area (Å²) < 4.78 is 13.1. The van der Waals surface area contributed by atoms with Crippen LogP contribution in [-0.2, 0) is 13.0 Å². The zero-order valence-corrected chi connectivity index (χ0v) is 28.8. The molecule has 3 aliphatic rings. The van der Waals surface area contributed by atoms with Crippen molar-refractivity contribution in [1.29, 1.82) is 0 Å². The van der Waals surface area contributed by atoms with E-state index in [1.165, 1.54) is 22.8 Å². The maximum absolute atomic E-state index is 7.11. The second-order valence-corrected chi connectivity index (χ2v) is 14.1. The molecule has 2 heterocycles. The molecule has 0 saturated heterocycles. The van der Waals surface area contributed by atoms with E-state index in [9.17, 15) is 0 Å². The number of benzene rings is 5. The average Bonchev–Trinajstić information content (AvgIpc) is 3.78. The second-order valence-electron chi connectivity index (χ2n) is 14.1. The molecular formula is C47H37N3O2. The molecule has 5 nitrogen and oxygen atoms in total. The van der Waals surface area contributed by atoms with Gasteiger partial charge in [0.15, 0.2) is 5.84 Å². The molecule has 5 aromatic carbocycles. The standard InChI is InChI=1S/C47H37N3O2/c48-46(50-47(34-25-24-31-11-2-4-13-33(31)27-34)49-28-29-22-23-30-10-1-3-12-32(30)26-29)39-18-9-21-42-44(39)43-36(15-8-20-41(43)51-42)38-17-7-16-37-35-14-5-6-19-40(35)52-45(37)38/h1,3-8,10,12-20,22-23,25-27,31H,2,9,11,21,24,28H2,(H2,48,49,50). The zero-order chi connectivity index (χ0) is 34.6. The molecule has 5 heteroatoms. The number of hydrogen-bond donors (Lipinski definition) is 1. The Kier molecular flexibility index (Phi) is 7.38. The first-order valence-corrected chi connectivity index (χ1v) is 18.3. The van der Waals surface area contributed by atoms with Crippen LogP contribution < -0.4 is 5.73 Å². The molecule has 0 aliphatic heterocycles. The highest BCUT2D eigenvalue weighted by Crippen LogP contribution is 2.44. The Morgan fingerprint density at radius 3 is 2.56 bits per heavy atom. The maximum Gasteiger partial charge on any atom is 0.157 e. The van der Waals surface area contributed by atoms with Gasteiger partial charge < -0.3 is 14.6 Å². The highest BCUT2D eigenvalue weighted by molar-refractivity contribution is 6.30. The molecular weight excluding hydrogens is 639 g/mol. The molecule has 0 fully saturated rings. The molecule has 0 saturated carbocycles. The van der Waals surface area contributed by atoms with Gasteiger partial charge in [-0.2, -0.15) is 0 Å². The fraction of sp³-hybridized carbons (Fsp3) is 0.149. The van der Waals surface area contributed by atoms with Gasteiger partial charge in [0, 0.05) is 44.9 Å². The monoisotopic (exact) mass is 675 g/mol. The number of para-hydroxylation sites is 2. The second kappa shape index (κ2) is 12.5. The number of rotatable bonds is 5.